The fourth-order valence-corrected chi connectivity index (χ4v) is 2.25. The van der Waals surface area contributed by atoms with E-state index in [1.165, 1.54) is 0 Å². The van der Waals surface area contributed by atoms with Gasteiger partial charge in [0.05, 0.1) is 13.2 Å². The first-order chi connectivity index (χ1) is 8.81. The van der Waals surface area contributed by atoms with Gasteiger partial charge >= 0.3 is 0 Å². The molecule has 0 aliphatic carbocycles. The van der Waals surface area contributed by atoms with Crippen LogP contribution in [0.1, 0.15) is 56.4 Å². The van der Waals surface area contributed by atoms with Gasteiger partial charge in [-0.25, -0.2) is 0 Å². The van der Waals surface area contributed by atoms with Crippen LogP contribution in [0.15, 0.2) is 12.1 Å². The van der Waals surface area contributed by atoms with Crippen molar-refractivity contribution in [1.29, 1.82) is 0 Å². The fraction of sp³-hybridized carbons (Fsp3) is 0.625. The summed E-state index contributed by atoms with van der Waals surface area (Å²) in [5.41, 5.74) is 3.01. The molecule has 1 unspecified atom stereocenters. The van der Waals surface area contributed by atoms with Crippen LogP contribution in [0.3, 0.4) is 0 Å². The summed E-state index contributed by atoms with van der Waals surface area (Å²) in [7, 11) is 1.67. The van der Waals surface area contributed by atoms with Crippen molar-refractivity contribution in [3.05, 3.63) is 28.8 Å². The quantitative estimate of drug-likeness (QED) is 0.861. The number of ether oxygens (including phenoxy) is 1. The summed E-state index contributed by atoms with van der Waals surface area (Å²) in [4.78, 5) is 0. The number of rotatable bonds is 5. The van der Waals surface area contributed by atoms with E-state index in [1.807, 2.05) is 19.1 Å². The van der Waals surface area contributed by atoms with Crippen LogP contribution in [0.5, 0.6) is 5.75 Å². The maximum atomic E-state index is 10.2. The molecule has 0 saturated carbocycles. The molecule has 19 heavy (non-hydrogen) atoms. The van der Waals surface area contributed by atoms with Gasteiger partial charge in [-0.3, -0.25) is 0 Å². The Hall–Kier alpha value is -1.06. The Balaban J connectivity index is 3.19. The van der Waals surface area contributed by atoms with E-state index in [9.17, 15) is 5.11 Å². The summed E-state index contributed by atoms with van der Waals surface area (Å²) in [5, 5.41) is 19.1. The molecule has 0 bridgehead atoms. The van der Waals surface area contributed by atoms with Crippen LogP contribution in [-0.4, -0.2) is 23.9 Å². The van der Waals surface area contributed by atoms with Gasteiger partial charge in [0.25, 0.3) is 0 Å². The number of aryl methyl sites for hydroxylation is 1. The van der Waals surface area contributed by atoms with Gasteiger partial charge in [-0.1, -0.05) is 20.8 Å². The molecular formula is C16H26O3. The van der Waals surface area contributed by atoms with Crippen molar-refractivity contribution in [3.63, 3.8) is 0 Å². The molecule has 1 atom stereocenters. The fourth-order valence-electron chi connectivity index (χ4n) is 2.25. The highest BCUT2D eigenvalue weighted by molar-refractivity contribution is 5.46. The molecule has 2 N–H and O–H groups in total. The largest absolute Gasteiger partial charge is 0.496 e. The van der Waals surface area contributed by atoms with Gasteiger partial charge in [-0.2, -0.15) is 0 Å². The molecule has 1 aromatic rings. The molecule has 0 radical (unpaired) electrons. The van der Waals surface area contributed by atoms with Crippen molar-refractivity contribution < 1.29 is 14.9 Å². The number of benzene rings is 1. The van der Waals surface area contributed by atoms with E-state index in [0.29, 0.717) is 12.8 Å². The first-order valence-corrected chi connectivity index (χ1v) is 6.79. The zero-order valence-corrected chi connectivity index (χ0v) is 12.7. The Bertz CT molecular complexity index is 419. The lowest BCUT2D eigenvalue weighted by molar-refractivity contribution is 0.151. The van der Waals surface area contributed by atoms with Gasteiger partial charge in [0.15, 0.2) is 0 Å². The number of hydrogen-bond donors (Lipinski definition) is 2. The van der Waals surface area contributed by atoms with Crippen LogP contribution in [0.25, 0.3) is 0 Å². The van der Waals surface area contributed by atoms with E-state index < -0.39 is 6.10 Å². The standard InChI is InChI=1S/C16H26O3/c1-11-9-15(19-5)13(16(2,3)4)10-12(11)14(18)7-6-8-17/h9-10,14,17-18H,6-8H2,1-5H3. The third kappa shape index (κ3) is 3.95. The molecule has 108 valence electrons. The van der Waals surface area contributed by atoms with Crippen LogP contribution < -0.4 is 4.74 Å². The van der Waals surface area contributed by atoms with Crippen molar-refractivity contribution in [2.75, 3.05) is 13.7 Å². The Labute approximate surface area is 116 Å². The third-order valence-corrected chi connectivity index (χ3v) is 3.39. The predicted molar refractivity (Wildman–Crippen MR) is 77.7 cm³/mol. The first-order valence-electron chi connectivity index (χ1n) is 6.79. The molecule has 0 aliphatic heterocycles. The zero-order valence-electron chi connectivity index (χ0n) is 12.7. The number of aliphatic hydroxyl groups is 2. The minimum Gasteiger partial charge on any atom is -0.496 e. The number of methoxy groups -OCH3 is 1. The molecular weight excluding hydrogens is 240 g/mol. The molecule has 0 amide bonds. The zero-order chi connectivity index (χ0) is 14.6. The van der Waals surface area contributed by atoms with E-state index >= 15 is 0 Å². The highest BCUT2D eigenvalue weighted by Crippen LogP contribution is 2.36. The van der Waals surface area contributed by atoms with E-state index in [0.717, 1.165) is 22.4 Å². The monoisotopic (exact) mass is 266 g/mol. The van der Waals surface area contributed by atoms with E-state index in [4.69, 9.17) is 9.84 Å². The summed E-state index contributed by atoms with van der Waals surface area (Å²) < 4.78 is 5.45. The lowest BCUT2D eigenvalue weighted by atomic mass is 9.83. The Morgan fingerprint density at radius 1 is 1.26 bits per heavy atom. The van der Waals surface area contributed by atoms with Crippen LogP contribution >= 0.6 is 0 Å². The molecule has 1 aromatic carbocycles. The van der Waals surface area contributed by atoms with E-state index in [-0.39, 0.29) is 12.0 Å². The second-order valence-electron chi connectivity index (χ2n) is 6.04. The molecule has 0 saturated heterocycles. The summed E-state index contributed by atoms with van der Waals surface area (Å²) in [5.74, 6) is 0.864. The normalized spacial score (nSPS) is 13.4. The predicted octanol–water partition coefficient (Wildman–Crippen LogP) is 3.11. The van der Waals surface area contributed by atoms with E-state index in [2.05, 4.69) is 20.8 Å². The molecule has 3 nitrogen and oxygen atoms in total. The van der Waals surface area contributed by atoms with Gasteiger partial charge in [-0.15, -0.1) is 0 Å². The molecule has 0 heterocycles. The van der Waals surface area contributed by atoms with Crippen LogP contribution in [0.2, 0.25) is 0 Å². The lowest BCUT2D eigenvalue weighted by Crippen LogP contribution is -2.15. The maximum Gasteiger partial charge on any atom is 0.122 e. The average molecular weight is 266 g/mol. The summed E-state index contributed by atoms with van der Waals surface area (Å²) in [6.45, 7) is 8.48. The lowest BCUT2D eigenvalue weighted by Gasteiger charge is -2.25. The molecule has 1 rings (SSSR count). The van der Waals surface area contributed by atoms with Crippen molar-refractivity contribution in [1.82, 2.24) is 0 Å². The average Bonchev–Trinajstić information content (AvgIpc) is 2.33. The minimum absolute atomic E-state index is 0.0372. The van der Waals surface area contributed by atoms with Gasteiger partial charge in [0, 0.05) is 6.61 Å². The van der Waals surface area contributed by atoms with Crippen molar-refractivity contribution in [2.24, 2.45) is 0 Å². The van der Waals surface area contributed by atoms with E-state index in [1.54, 1.807) is 7.11 Å². The van der Waals surface area contributed by atoms with Crippen molar-refractivity contribution in [3.8, 4) is 5.75 Å². The Kier molecular flexibility index (Phi) is 5.39. The topological polar surface area (TPSA) is 49.7 Å². The highest BCUT2D eigenvalue weighted by atomic mass is 16.5. The molecule has 0 spiro atoms. The smallest absolute Gasteiger partial charge is 0.122 e. The first kappa shape index (κ1) is 16.0. The maximum absolute atomic E-state index is 10.2. The van der Waals surface area contributed by atoms with Crippen molar-refractivity contribution in [2.45, 2.75) is 52.1 Å². The summed E-state index contributed by atoms with van der Waals surface area (Å²) in [6, 6.07) is 4.02. The SMILES string of the molecule is COc1cc(C)c(C(O)CCCO)cc1C(C)(C)C. The second-order valence-corrected chi connectivity index (χ2v) is 6.04. The van der Waals surface area contributed by atoms with Gasteiger partial charge < -0.3 is 14.9 Å². The number of hydrogen-bond acceptors (Lipinski definition) is 3. The Morgan fingerprint density at radius 2 is 1.89 bits per heavy atom. The van der Waals surface area contributed by atoms with Gasteiger partial charge in [0.1, 0.15) is 5.75 Å². The van der Waals surface area contributed by atoms with Crippen molar-refractivity contribution >= 4 is 0 Å². The minimum atomic E-state index is -0.529. The Morgan fingerprint density at radius 3 is 2.37 bits per heavy atom. The van der Waals surface area contributed by atoms with Crippen LogP contribution in [0.4, 0.5) is 0 Å². The van der Waals surface area contributed by atoms with Gasteiger partial charge in [0.2, 0.25) is 0 Å². The van der Waals surface area contributed by atoms with Crippen LogP contribution in [-0.2, 0) is 5.41 Å². The molecule has 0 fully saturated rings. The number of aliphatic hydroxyl groups excluding tert-OH is 2. The molecule has 0 aliphatic rings. The summed E-state index contributed by atoms with van der Waals surface area (Å²) >= 11 is 0. The third-order valence-electron chi connectivity index (χ3n) is 3.39. The van der Waals surface area contributed by atoms with Gasteiger partial charge in [-0.05, 0) is 54.0 Å². The molecule has 0 aromatic heterocycles. The van der Waals surface area contributed by atoms with Crippen LogP contribution in [0, 0.1) is 6.92 Å². The summed E-state index contributed by atoms with van der Waals surface area (Å²) in [6.07, 6.45) is 0.657. The molecule has 3 heteroatoms. The highest BCUT2D eigenvalue weighted by Gasteiger charge is 2.22. The second kappa shape index (κ2) is 6.40.